The van der Waals surface area contributed by atoms with Crippen molar-refractivity contribution >= 4 is 29.8 Å². The zero-order valence-corrected chi connectivity index (χ0v) is 15.0. The molecule has 0 aromatic heterocycles. The topological polar surface area (TPSA) is 123 Å². The minimum absolute atomic E-state index is 0.129. The number of hydrogen-bond acceptors (Lipinski definition) is 6. The van der Waals surface area contributed by atoms with E-state index in [2.05, 4.69) is 15.8 Å². The fraction of sp³-hybridized carbons (Fsp3) is 0.105. The number of rotatable bonds is 8. The number of carbonyl (C=O) groups excluding carboxylic acids is 2. The molecule has 0 atom stereocenters. The lowest BCUT2D eigenvalue weighted by Crippen LogP contribution is -2.34. The maximum Gasteiger partial charge on any atom is 0.278 e. The normalized spacial score (nSPS) is 10.8. The Labute approximate surface area is 160 Å². The van der Waals surface area contributed by atoms with Gasteiger partial charge in [-0.15, -0.1) is 0 Å². The minimum Gasteiger partial charge on any atom is -0.496 e. The molecule has 2 rings (SSSR count). The number of para-hydroxylation sites is 2. The second-order valence-electron chi connectivity index (χ2n) is 5.40. The van der Waals surface area contributed by atoms with Crippen LogP contribution in [-0.4, -0.2) is 36.6 Å². The summed E-state index contributed by atoms with van der Waals surface area (Å²) in [5, 5.41) is 17.0. The Hall–Kier alpha value is -4.01. The van der Waals surface area contributed by atoms with Gasteiger partial charge >= 0.3 is 0 Å². The van der Waals surface area contributed by atoms with E-state index in [1.807, 2.05) is 12.1 Å². The number of nitrogens with one attached hydrogen (secondary N) is 2. The van der Waals surface area contributed by atoms with Crippen LogP contribution in [0.2, 0.25) is 0 Å². The molecule has 0 radical (unpaired) electrons. The first-order valence-electron chi connectivity index (χ1n) is 8.15. The summed E-state index contributed by atoms with van der Waals surface area (Å²) in [6.07, 6.45) is 4.01. The van der Waals surface area contributed by atoms with E-state index in [1.165, 1.54) is 37.6 Å². The number of carbonyl (C=O) groups is 2. The fourth-order valence-electron chi connectivity index (χ4n) is 2.17. The van der Waals surface area contributed by atoms with E-state index >= 15 is 0 Å². The van der Waals surface area contributed by atoms with Gasteiger partial charge < -0.3 is 10.1 Å². The van der Waals surface area contributed by atoms with E-state index in [4.69, 9.17) is 4.74 Å². The van der Waals surface area contributed by atoms with Crippen molar-refractivity contribution in [3.8, 4) is 5.75 Å². The molecule has 2 N–H and O–H groups in total. The zero-order chi connectivity index (χ0) is 20.4. The molecule has 0 saturated heterocycles. The summed E-state index contributed by atoms with van der Waals surface area (Å²) in [6, 6.07) is 13.1. The number of hydrazone groups is 1. The van der Waals surface area contributed by atoms with Crippen molar-refractivity contribution in [1.29, 1.82) is 0 Å². The largest absolute Gasteiger partial charge is 0.496 e. The summed E-state index contributed by atoms with van der Waals surface area (Å²) in [6.45, 7) is -0.302. The maximum atomic E-state index is 11.8. The zero-order valence-electron chi connectivity index (χ0n) is 15.0. The molecule has 144 valence electrons. The highest BCUT2D eigenvalue weighted by atomic mass is 16.6. The molecule has 2 aromatic carbocycles. The smallest absolute Gasteiger partial charge is 0.278 e. The SMILES string of the molecule is COc1ccccc1/C=C/C(=O)NCC(=O)N/N=C\c1ccccc1[N+](=O)[O-]. The Morgan fingerprint density at radius 1 is 1.14 bits per heavy atom. The molecule has 0 unspecified atom stereocenters. The molecule has 0 saturated carbocycles. The Morgan fingerprint density at radius 3 is 2.54 bits per heavy atom. The second-order valence-corrected chi connectivity index (χ2v) is 5.40. The van der Waals surface area contributed by atoms with Gasteiger partial charge in [-0.1, -0.05) is 30.3 Å². The predicted molar refractivity (Wildman–Crippen MR) is 104 cm³/mol. The molecular formula is C19H18N4O5. The lowest BCUT2D eigenvalue weighted by Gasteiger charge is -2.04. The molecule has 0 aliphatic rings. The van der Waals surface area contributed by atoms with Crippen LogP contribution >= 0.6 is 0 Å². The van der Waals surface area contributed by atoms with Gasteiger partial charge in [-0.2, -0.15) is 5.10 Å². The monoisotopic (exact) mass is 382 g/mol. The fourth-order valence-corrected chi connectivity index (χ4v) is 2.17. The minimum atomic E-state index is -0.575. The van der Waals surface area contributed by atoms with Gasteiger partial charge in [0.15, 0.2) is 0 Å². The van der Waals surface area contributed by atoms with Crippen LogP contribution < -0.4 is 15.5 Å². The molecule has 0 aliphatic heterocycles. The van der Waals surface area contributed by atoms with Crippen molar-refractivity contribution < 1.29 is 19.2 Å². The lowest BCUT2D eigenvalue weighted by molar-refractivity contribution is -0.385. The highest BCUT2D eigenvalue weighted by Gasteiger charge is 2.10. The first kappa shape index (κ1) is 20.3. The van der Waals surface area contributed by atoms with E-state index in [-0.39, 0.29) is 17.8 Å². The lowest BCUT2D eigenvalue weighted by atomic mass is 10.2. The van der Waals surface area contributed by atoms with Gasteiger partial charge in [0.2, 0.25) is 5.91 Å². The number of amides is 2. The van der Waals surface area contributed by atoms with Gasteiger partial charge in [0, 0.05) is 17.7 Å². The van der Waals surface area contributed by atoms with Gasteiger partial charge in [0.25, 0.3) is 11.6 Å². The van der Waals surface area contributed by atoms with Crippen molar-refractivity contribution in [3.63, 3.8) is 0 Å². The van der Waals surface area contributed by atoms with Crippen LogP contribution in [-0.2, 0) is 9.59 Å². The molecule has 0 spiro atoms. The van der Waals surface area contributed by atoms with Crippen LogP contribution in [0.1, 0.15) is 11.1 Å². The van der Waals surface area contributed by atoms with Gasteiger partial charge in [-0.25, -0.2) is 5.43 Å². The van der Waals surface area contributed by atoms with Crippen LogP contribution in [0, 0.1) is 10.1 Å². The molecule has 0 fully saturated rings. The second kappa shape index (κ2) is 10.2. The molecule has 9 nitrogen and oxygen atoms in total. The van der Waals surface area contributed by atoms with Crippen molar-refractivity contribution in [2.24, 2.45) is 5.10 Å². The summed E-state index contributed by atoms with van der Waals surface area (Å²) < 4.78 is 5.17. The summed E-state index contributed by atoms with van der Waals surface area (Å²) in [5.74, 6) is -0.425. The Kier molecular flexibility index (Phi) is 7.41. The van der Waals surface area contributed by atoms with Gasteiger partial charge in [-0.05, 0) is 18.2 Å². The highest BCUT2D eigenvalue weighted by molar-refractivity contribution is 5.94. The van der Waals surface area contributed by atoms with E-state index in [9.17, 15) is 19.7 Å². The van der Waals surface area contributed by atoms with Crippen LogP contribution in [0.25, 0.3) is 6.08 Å². The molecule has 28 heavy (non-hydrogen) atoms. The summed E-state index contributed by atoms with van der Waals surface area (Å²) in [4.78, 5) is 33.9. The summed E-state index contributed by atoms with van der Waals surface area (Å²) in [7, 11) is 1.53. The van der Waals surface area contributed by atoms with Crippen molar-refractivity contribution in [3.05, 3.63) is 75.8 Å². The van der Waals surface area contributed by atoms with Crippen LogP contribution in [0.5, 0.6) is 5.75 Å². The molecule has 2 amide bonds. The summed E-state index contributed by atoms with van der Waals surface area (Å²) in [5.41, 5.74) is 3.03. The van der Waals surface area contributed by atoms with Crippen molar-refractivity contribution in [2.75, 3.05) is 13.7 Å². The third kappa shape index (κ3) is 6.06. The first-order valence-corrected chi connectivity index (χ1v) is 8.15. The number of hydrogen-bond donors (Lipinski definition) is 2. The third-order valence-electron chi connectivity index (χ3n) is 3.50. The van der Waals surface area contributed by atoms with E-state index < -0.39 is 16.7 Å². The Balaban J connectivity index is 1.83. The molecule has 0 heterocycles. The highest BCUT2D eigenvalue weighted by Crippen LogP contribution is 2.18. The Morgan fingerprint density at radius 2 is 1.82 bits per heavy atom. The van der Waals surface area contributed by atoms with Gasteiger partial charge in [-0.3, -0.25) is 19.7 Å². The van der Waals surface area contributed by atoms with Gasteiger partial charge in [0.05, 0.1) is 30.4 Å². The van der Waals surface area contributed by atoms with E-state index in [0.717, 1.165) is 5.56 Å². The predicted octanol–water partition coefficient (Wildman–Crippen LogP) is 1.88. The molecule has 9 heteroatoms. The van der Waals surface area contributed by atoms with Crippen molar-refractivity contribution in [2.45, 2.75) is 0 Å². The Bertz CT molecular complexity index is 924. The average molecular weight is 382 g/mol. The molecule has 0 bridgehead atoms. The maximum absolute atomic E-state index is 11.8. The molecule has 2 aromatic rings. The molecule has 0 aliphatic carbocycles. The van der Waals surface area contributed by atoms with E-state index in [0.29, 0.717) is 5.75 Å². The number of benzene rings is 2. The number of methoxy groups -OCH3 is 1. The number of nitro benzene ring substituents is 1. The third-order valence-corrected chi connectivity index (χ3v) is 3.50. The number of nitro groups is 1. The summed E-state index contributed by atoms with van der Waals surface area (Å²) >= 11 is 0. The van der Waals surface area contributed by atoms with E-state index in [1.54, 1.807) is 24.3 Å². The number of nitrogens with zero attached hydrogens (tertiary/aromatic N) is 2. The molecular weight excluding hydrogens is 364 g/mol. The first-order chi connectivity index (χ1) is 13.5. The van der Waals surface area contributed by atoms with Crippen LogP contribution in [0.3, 0.4) is 0 Å². The number of ether oxygens (including phenoxy) is 1. The quantitative estimate of drug-likeness (QED) is 0.312. The van der Waals surface area contributed by atoms with Gasteiger partial charge in [0.1, 0.15) is 5.75 Å². The average Bonchev–Trinajstić information content (AvgIpc) is 2.71. The van der Waals surface area contributed by atoms with Crippen LogP contribution in [0.15, 0.2) is 59.7 Å². The van der Waals surface area contributed by atoms with Crippen molar-refractivity contribution in [1.82, 2.24) is 10.7 Å². The van der Waals surface area contributed by atoms with Crippen LogP contribution in [0.4, 0.5) is 5.69 Å². The standard InChI is InChI=1S/C19H18N4O5/c1-28-17-9-5-3-6-14(17)10-11-18(24)20-13-19(25)22-21-12-15-7-2-4-8-16(15)23(26)27/h2-12H,13H2,1H3,(H,20,24)(H,22,25)/b11-10+,21-12-.